The first-order valence-electron chi connectivity index (χ1n) is 9.73. The highest BCUT2D eigenvalue weighted by atomic mass is 16.5. The lowest BCUT2D eigenvalue weighted by molar-refractivity contribution is 0.101. The first kappa shape index (κ1) is 19.4. The fourth-order valence-corrected chi connectivity index (χ4v) is 3.29. The maximum atomic E-state index is 11.5. The van der Waals surface area contributed by atoms with Crippen LogP contribution in [0.15, 0.2) is 78.9 Å². The van der Waals surface area contributed by atoms with Gasteiger partial charge in [-0.3, -0.25) is 4.79 Å². The Morgan fingerprint density at radius 3 is 2.40 bits per heavy atom. The number of anilines is 2. The third kappa shape index (κ3) is 4.23. The molecule has 0 aliphatic carbocycles. The Balaban J connectivity index is 1.76. The van der Waals surface area contributed by atoms with Gasteiger partial charge >= 0.3 is 0 Å². The highest BCUT2D eigenvalue weighted by molar-refractivity contribution is 5.98. The number of carbonyl (C=O) groups is 1. The van der Waals surface area contributed by atoms with Crippen molar-refractivity contribution in [1.29, 1.82) is 0 Å². The minimum atomic E-state index is 0.0500. The van der Waals surface area contributed by atoms with Gasteiger partial charge < -0.3 is 10.1 Å². The van der Waals surface area contributed by atoms with E-state index in [2.05, 4.69) is 5.32 Å². The largest absolute Gasteiger partial charge is 0.494 e. The molecule has 4 nitrogen and oxygen atoms in total. The SMILES string of the molecule is COc1cccc2c(Nc3ccc(C(C)=O)cc3)cc(/C=C/c3ccccc3)nc12. The lowest BCUT2D eigenvalue weighted by atomic mass is 10.1. The van der Waals surface area contributed by atoms with Crippen LogP contribution in [0.2, 0.25) is 0 Å². The Morgan fingerprint density at radius 1 is 0.933 bits per heavy atom. The van der Waals surface area contributed by atoms with Crippen LogP contribution in [0.3, 0.4) is 0 Å². The second-order valence-electron chi connectivity index (χ2n) is 6.95. The molecule has 0 fully saturated rings. The van der Waals surface area contributed by atoms with Gasteiger partial charge in [0.15, 0.2) is 5.78 Å². The van der Waals surface area contributed by atoms with Crippen LogP contribution in [0.4, 0.5) is 11.4 Å². The van der Waals surface area contributed by atoms with E-state index in [1.54, 1.807) is 14.0 Å². The molecule has 0 aliphatic rings. The molecule has 4 heteroatoms. The summed E-state index contributed by atoms with van der Waals surface area (Å²) in [5, 5.41) is 4.42. The lowest BCUT2D eigenvalue weighted by Crippen LogP contribution is -1.97. The van der Waals surface area contributed by atoms with Crippen LogP contribution in [-0.4, -0.2) is 17.9 Å². The van der Waals surface area contributed by atoms with Crippen molar-refractivity contribution in [2.45, 2.75) is 6.92 Å². The number of carbonyl (C=O) groups excluding carboxylic acids is 1. The van der Waals surface area contributed by atoms with Gasteiger partial charge in [0.05, 0.1) is 18.5 Å². The molecule has 0 saturated heterocycles. The molecule has 0 saturated carbocycles. The Bertz CT molecular complexity index is 1210. The molecule has 0 unspecified atom stereocenters. The number of benzene rings is 3. The summed E-state index contributed by atoms with van der Waals surface area (Å²) in [5.74, 6) is 0.770. The minimum Gasteiger partial charge on any atom is -0.494 e. The summed E-state index contributed by atoms with van der Waals surface area (Å²) < 4.78 is 5.54. The molecular formula is C26H22N2O2. The molecular weight excluding hydrogens is 372 g/mol. The average Bonchev–Trinajstić information content (AvgIpc) is 2.78. The number of Topliss-reactive ketones (excluding diaryl/α,β-unsaturated/α-hetero) is 1. The second-order valence-corrected chi connectivity index (χ2v) is 6.95. The van der Waals surface area contributed by atoms with Gasteiger partial charge in [0.25, 0.3) is 0 Å². The fourth-order valence-electron chi connectivity index (χ4n) is 3.29. The highest BCUT2D eigenvalue weighted by Gasteiger charge is 2.10. The Labute approximate surface area is 175 Å². The summed E-state index contributed by atoms with van der Waals surface area (Å²) in [6.45, 7) is 1.57. The van der Waals surface area contributed by atoms with E-state index in [9.17, 15) is 4.79 Å². The smallest absolute Gasteiger partial charge is 0.159 e. The number of hydrogen-bond acceptors (Lipinski definition) is 4. The molecule has 4 rings (SSSR count). The molecule has 0 aliphatic heterocycles. The zero-order chi connectivity index (χ0) is 20.9. The van der Waals surface area contributed by atoms with Gasteiger partial charge in [0.2, 0.25) is 0 Å². The summed E-state index contributed by atoms with van der Waals surface area (Å²) in [4.78, 5) is 16.3. The zero-order valence-electron chi connectivity index (χ0n) is 16.9. The Kier molecular flexibility index (Phi) is 5.57. The van der Waals surface area contributed by atoms with Crippen molar-refractivity contribution >= 4 is 40.2 Å². The molecule has 0 spiro atoms. The summed E-state index contributed by atoms with van der Waals surface area (Å²) in [5.41, 5.74) is 5.22. The molecule has 0 bridgehead atoms. The van der Waals surface area contributed by atoms with Crippen LogP contribution in [0.25, 0.3) is 23.1 Å². The minimum absolute atomic E-state index is 0.0500. The van der Waals surface area contributed by atoms with E-state index in [0.717, 1.165) is 39.3 Å². The van der Waals surface area contributed by atoms with E-state index in [1.165, 1.54) is 0 Å². The predicted octanol–water partition coefficient (Wildman–Crippen LogP) is 6.36. The molecule has 1 heterocycles. The van der Waals surface area contributed by atoms with Gasteiger partial charge in [-0.05, 0) is 55.0 Å². The number of fused-ring (bicyclic) bond motifs is 1. The number of aromatic nitrogens is 1. The van der Waals surface area contributed by atoms with Gasteiger partial charge in [-0.2, -0.15) is 0 Å². The molecule has 0 atom stereocenters. The molecule has 3 aromatic carbocycles. The van der Waals surface area contributed by atoms with Crippen molar-refractivity contribution in [1.82, 2.24) is 4.98 Å². The van der Waals surface area contributed by atoms with Gasteiger partial charge in [0.1, 0.15) is 11.3 Å². The van der Waals surface area contributed by atoms with Crippen LogP contribution in [0.1, 0.15) is 28.5 Å². The second kappa shape index (κ2) is 8.62. The van der Waals surface area contributed by atoms with Gasteiger partial charge in [-0.25, -0.2) is 4.98 Å². The standard InChI is InChI=1S/C26H22N2O2/c1-18(29)20-12-15-21(16-13-20)27-24-17-22(14-11-19-7-4-3-5-8-19)28-26-23(24)9-6-10-25(26)30-2/h3-17H,1-2H3,(H,27,28)/b14-11+. The van der Waals surface area contributed by atoms with Crippen molar-refractivity contribution < 1.29 is 9.53 Å². The molecule has 4 aromatic rings. The number of rotatable bonds is 6. The van der Waals surface area contributed by atoms with Gasteiger partial charge in [-0.1, -0.05) is 48.5 Å². The number of ether oxygens (including phenoxy) is 1. The highest BCUT2D eigenvalue weighted by Crippen LogP contribution is 2.32. The van der Waals surface area contributed by atoms with Crippen LogP contribution in [0, 0.1) is 0 Å². The number of pyridine rings is 1. The summed E-state index contributed by atoms with van der Waals surface area (Å²) in [6, 6.07) is 25.5. The number of methoxy groups -OCH3 is 1. The van der Waals surface area contributed by atoms with Crippen LogP contribution >= 0.6 is 0 Å². The van der Waals surface area contributed by atoms with E-state index in [0.29, 0.717) is 5.56 Å². The van der Waals surface area contributed by atoms with E-state index in [1.807, 2.05) is 91.0 Å². The third-order valence-electron chi connectivity index (χ3n) is 4.86. The summed E-state index contributed by atoms with van der Waals surface area (Å²) in [6.07, 6.45) is 4.03. The van der Waals surface area contributed by atoms with E-state index in [4.69, 9.17) is 9.72 Å². The van der Waals surface area contributed by atoms with Crippen molar-refractivity contribution in [3.8, 4) is 5.75 Å². The first-order valence-corrected chi connectivity index (χ1v) is 9.73. The van der Waals surface area contributed by atoms with Crippen LogP contribution in [-0.2, 0) is 0 Å². The number of nitrogens with zero attached hydrogens (tertiary/aromatic N) is 1. The molecule has 0 radical (unpaired) electrons. The fraction of sp³-hybridized carbons (Fsp3) is 0.0769. The number of hydrogen-bond donors (Lipinski definition) is 1. The van der Waals surface area contributed by atoms with Gasteiger partial charge in [0, 0.05) is 16.6 Å². The predicted molar refractivity (Wildman–Crippen MR) is 123 cm³/mol. The number of ketones is 1. The molecule has 1 aromatic heterocycles. The maximum absolute atomic E-state index is 11.5. The van der Waals surface area contributed by atoms with Crippen LogP contribution < -0.4 is 10.1 Å². The third-order valence-corrected chi connectivity index (χ3v) is 4.86. The lowest BCUT2D eigenvalue weighted by Gasteiger charge is -2.13. The zero-order valence-corrected chi connectivity index (χ0v) is 16.9. The molecule has 0 amide bonds. The summed E-state index contributed by atoms with van der Waals surface area (Å²) >= 11 is 0. The molecule has 148 valence electrons. The van der Waals surface area contributed by atoms with Crippen molar-refractivity contribution in [3.05, 3.63) is 95.7 Å². The van der Waals surface area contributed by atoms with Crippen molar-refractivity contribution in [2.24, 2.45) is 0 Å². The number of para-hydroxylation sites is 1. The quantitative estimate of drug-likeness (QED) is 0.387. The number of nitrogens with one attached hydrogen (secondary N) is 1. The average molecular weight is 394 g/mol. The normalized spacial score (nSPS) is 11.0. The van der Waals surface area contributed by atoms with Gasteiger partial charge in [-0.15, -0.1) is 0 Å². The van der Waals surface area contributed by atoms with Crippen molar-refractivity contribution in [2.75, 3.05) is 12.4 Å². The topological polar surface area (TPSA) is 51.2 Å². The first-order chi connectivity index (χ1) is 14.6. The molecule has 30 heavy (non-hydrogen) atoms. The van der Waals surface area contributed by atoms with Crippen molar-refractivity contribution in [3.63, 3.8) is 0 Å². The van der Waals surface area contributed by atoms with E-state index < -0.39 is 0 Å². The van der Waals surface area contributed by atoms with Crippen LogP contribution in [0.5, 0.6) is 5.75 Å². The van der Waals surface area contributed by atoms with E-state index >= 15 is 0 Å². The monoisotopic (exact) mass is 394 g/mol. The van der Waals surface area contributed by atoms with E-state index in [-0.39, 0.29) is 5.78 Å². The Hall–Kier alpha value is -3.92. The summed E-state index contributed by atoms with van der Waals surface area (Å²) in [7, 11) is 1.65. The Morgan fingerprint density at radius 2 is 1.70 bits per heavy atom. The molecule has 1 N–H and O–H groups in total. The maximum Gasteiger partial charge on any atom is 0.159 e.